The molecule has 0 saturated carbocycles. The molecule has 6 heteroatoms. The van der Waals surface area contributed by atoms with Crippen molar-refractivity contribution in [3.05, 3.63) is 65.2 Å². The fourth-order valence-corrected chi connectivity index (χ4v) is 2.07. The fraction of sp³-hybridized carbons (Fsp3) is 0.200. The maximum atomic E-state index is 11.6. The molecule has 0 atom stereocenters. The third-order valence-corrected chi connectivity index (χ3v) is 3.43. The van der Waals surface area contributed by atoms with Crippen LogP contribution in [0.1, 0.15) is 27.9 Å². The van der Waals surface area contributed by atoms with Gasteiger partial charge in [-0.3, -0.25) is 0 Å². The molecule has 2 aromatic rings. The lowest BCUT2D eigenvalue weighted by Gasteiger charge is -2.05. The Hall–Kier alpha value is -3.46. The Morgan fingerprint density at radius 2 is 1.92 bits per heavy atom. The minimum absolute atomic E-state index is 0.217. The summed E-state index contributed by atoms with van der Waals surface area (Å²) in [6.07, 6.45) is -0.0784. The van der Waals surface area contributed by atoms with Crippen molar-refractivity contribution in [1.82, 2.24) is 5.32 Å². The van der Waals surface area contributed by atoms with Crippen LogP contribution in [0.5, 0.6) is 0 Å². The fourth-order valence-electron chi connectivity index (χ4n) is 2.07. The minimum Gasteiger partial charge on any atom is -0.465 e. The van der Waals surface area contributed by atoms with E-state index in [1.165, 1.54) is 7.11 Å². The molecule has 0 aliphatic heterocycles. The second kappa shape index (κ2) is 9.74. The molecule has 0 bridgehead atoms. The molecule has 0 spiro atoms. The van der Waals surface area contributed by atoms with Crippen LogP contribution >= 0.6 is 0 Å². The van der Waals surface area contributed by atoms with Gasteiger partial charge in [0.05, 0.1) is 12.7 Å². The number of alkyl carbamates (subject to hydrolysis) is 1. The quantitative estimate of drug-likeness (QED) is 0.374. The number of rotatable bonds is 5. The molecule has 6 nitrogen and oxygen atoms in total. The SMILES string of the molecule is COC(=O)c1ccc(N)c(C#CCCNC(=O)OCc2ccccc2)c1. The van der Waals surface area contributed by atoms with Crippen molar-refractivity contribution in [3.63, 3.8) is 0 Å². The van der Waals surface area contributed by atoms with Crippen molar-refractivity contribution < 1.29 is 19.1 Å². The Balaban J connectivity index is 1.78. The predicted molar refractivity (Wildman–Crippen MR) is 98.3 cm³/mol. The molecule has 0 heterocycles. The number of hydrogen-bond acceptors (Lipinski definition) is 5. The van der Waals surface area contributed by atoms with E-state index in [4.69, 9.17) is 10.5 Å². The molecule has 0 unspecified atom stereocenters. The Morgan fingerprint density at radius 1 is 1.15 bits per heavy atom. The maximum Gasteiger partial charge on any atom is 0.407 e. The second-order valence-corrected chi connectivity index (χ2v) is 5.33. The highest BCUT2D eigenvalue weighted by Gasteiger charge is 2.07. The first-order chi connectivity index (χ1) is 12.6. The molecular weight excluding hydrogens is 332 g/mol. The van der Waals surface area contributed by atoms with Crippen LogP contribution in [-0.2, 0) is 16.1 Å². The summed E-state index contributed by atoms with van der Waals surface area (Å²) in [6.45, 7) is 0.562. The van der Waals surface area contributed by atoms with Crippen molar-refractivity contribution in [2.45, 2.75) is 13.0 Å². The van der Waals surface area contributed by atoms with Gasteiger partial charge in [-0.25, -0.2) is 9.59 Å². The number of amides is 1. The number of benzene rings is 2. The van der Waals surface area contributed by atoms with Crippen LogP contribution in [-0.4, -0.2) is 25.7 Å². The number of hydrogen-bond donors (Lipinski definition) is 2. The normalized spacial score (nSPS) is 9.58. The molecule has 0 aliphatic carbocycles. The monoisotopic (exact) mass is 352 g/mol. The minimum atomic E-state index is -0.497. The van der Waals surface area contributed by atoms with Gasteiger partial charge in [-0.05, 0) is 23.8 Å². The second-order valence-electron chi connectivity index (χ2n) is 5.33. The summed E-state index contributed by atoms with van der Waals surface area (Å²) in [4.78, 5) is 23.1. The molecule has 0 fully saturated rings. The Morgan fingerprint density at radius 3 is 2.65 bits per heavy atom. The van der Waals surface area contributed by atoms with E-state index in [1.807, 2.05) is 30.3 Å². The summed E-state index contributed by atoms with van der Waals surface area (Å²) in [5.41, 5.74) is 8.16. The van der Waals surface area contributed by atoms with Crippen LogP contribution in [0.25, 0.3) is 0 Å². The molecule has 0 radical (unpaired) electrons. The van der Waals surface area contributed by atoms with Crippen molar-refractivity contribution in [3.8, 4) is 11.8 Å². The van der Waals surface area contributed by atoms with Gasteiger partial charge in [0.1, 0.15) is 6.61 Å². The number of esters is 1. The number of nitrogen functional groups attached to an aromatic ring is 1. The summed E-state index contributed by atoms with van der Waals surface area (Å²) in [5, 5.41) is 2.62. The van der Waals surface area contributed by atoms with Gasteiger partial charge in [-0.15, -0.1) is 0 Å². The molecule has 2 aromatic carbocycles. The van der Waals surface area contributed by atoms with Gasteiger partial charge in [-0.2, -0.15) is 0 Å². The van der Waals surface area contributed by atoms with E-state index in [-0.39, 0.29) is 6.61 Å². The first-order valence-corrected chi connectivity index (χ1v) is 8.01. The Bertz CT molecular complexity index is 823. The topological polar surface area (TPSA) is 90.6 Å². The van der Waals surface area contributed by atoms with Crippen molar-refractivity contribution in [2.24, 2.45) is 0 Å². The zero-order chi connectivity index (χ0) is 18.8. The molecule has 134 valence electrons. The highest BCUT2D eigenvalue weighted by molar-refractivity contribution is 5.90. The van der Waals surface area contributed by atoms with E-state index in [0.717, 1.165) is 5.56 Å². The molecule has 26 heavy (non-hydrogen) atoms. The molecule has 0 aromatic heterocycles. The zero-order valence-corrected chi connectivity index (χ0v) is 14.5. The summed E-state index contributed by atoms with van der Waals surface area (Å²) >= 11 is 0. The van der Waals surface area contributed by atoms with Crippen LogP contribution in [0.3, 0.4) is 0 Å². The van der Waals surface area contributed by atoms with Gasteiger partial charge >= 0.3 is 12.1 Å². The van der Waals surface area contributed by atoms with E-state index < -0.39 is 12.1 Å². The average molecular weight is 352 g/mol. The molecule has 0 aliphatic rings. The van der Waals surface area contributed by atoms with Gasteiger partial charge < -0.3 is 20.5 Å². The highest BCUT2D eigenvalue weighted by Crippen LogP contribution is 2.13. The molecule has 0 saturated heterocycles. The molecule has 1 amide bonds. The third-order valence-electron chi connectivity index (χ3n) is 3.43. The van der Waals surface area contributed by atoms with Crippen LogP contribution in [0.15, 0.2) is 48.5 Å². The van der Waals surface area contributed by atoms with Gasteiger partial charge in [0.25, 0.3) is 0 Å². The summed E-state index contributed by atoms with van der Waals surface area (Å²) in [5.74, 6) is 5.34. The first-order valence-electron chi connectivity index (χ1n) is 8.01. The molecule has 2 rings (SSSR count). The van der Waals surface area contributed by atoms with E-state index in [0.29, 0.717) is 29.8 Å². The summed E-state index contributed by atoms with van der Waals surface area (Å²) in [7, 11) is 1.31. The van der Waals surface area contributed by atoms with Crippen LogP contribution in [0.4, 0.5) is 10.5 Å². The average Bonchev–Trinajstić information content (AvgIpc) is 2.67. The van der Waals surface area contributed by atoms with Crippen LogP contribution < -0.4 is 11.1 Å². The largest absolute Gasteiger partial charge is 0.465 e. The van der Waals surface area contributed by atoms with Crippen molar-refractivity contribution in [1.29, 1.82) is 0 Å². The van der Waals surface area contributed by atoms with E-state index in [1.54, 1.807) is 18.2 Å². The number of carbonyl (C=O) groups excluding carboxylic acids is 2. The lowest BCUT2D eigenvalue weighted by atomic mass is 10.1. The van der Waals surface area contributed by atoms with Crippen LogP contribution in [0.2, 0.25) is 0 Å². The van der Waals surface area contributed by atoms with E-state index in [9.17, 15) is 9.59 Å². The van der Waals surface area contributed by atoms with Crippen molar-refractivity contribution in [2.75, 3.05) is 19.4 Å². The van der Waals surface area contributed by atoms with Gasteiger partial charge in [0.15, 0.2) is 0 Å². The van der Waals surface area contributed by atoms with Gasteiger partial charge in [0, 0.05) is 24.2 Å². The van der Waals surface area contributed by atoms with Crippen molar-refractivity contribution >= 4 is 17.7 Å². The van der Waals surface area contributed by atoms with Crippen LogP contribution in [0, 0.1) is 11.8 Å². The number of anilines is 1. The lowest BCUT2D eigenvalue weighted by molar-refractivity contribution is 0.0600. The van der Waals surface area contributed by atoms with E-state index in [2.05, 4.69) is 21.9 Å². The predicted octanol–water partition coefficient (Wildman–Crippen LogP) is 2.72. The van der Waals surface area contributed by atoms with Gasteiger partial charge in [-0.1, -0.05) is 42.2 Å². The standard InChI is InChI=1S/C20H20N2O4/c1-25-19(23)17-10-11-18(21)16(13-17)9-5-6-12-22-20(24)26-14-15-7-3-2-4-8-15/h2-4,7-8,10-11,13H,6,12,14,21H2,1H3,(H,22,24). The number of ether oxygens (including phenoxy) is 2. The smallest absolute Gasteiger partial charge is 0.407 e. The Kier molecular flexibility index (Phi) is 7.07. The summed E-state index contributed by atoms with van der Waals surface area (Å²) in [6, 6.07) is 14.2. The Labute approximate surface area is 152 Å². The summed E-state index contributed by atoms with van der Waals surface area (Å²) < 4.78 is 9.76. The lowest BCUT2D eigenvalue weighted by Crippen LogP contribution is -2.24. The third kappa shape index (κ3) is 5.87. The highest BCUT2D eigenvalue weighted by atomic mass is 16.5. The first kappa shape index (κ1) is 18.9. The number of nitrogens with one attached hydrogen (secondary N) is 1. The molecular formula is C20H20N2O4. The zero-order valence-electron chi connectivity index (χ0n) is 14.5. The number of methoxy groups -OCH3 is 1. The molecule has 3 N–H and O–H groups in total. The van der Waals surface area contributed by atoms with E-state index >= 15 is 0 Å². The van der Waals surface area contributed by atoms with Gasteiger partial charge in [0.2, 0.25) is 0 Å². The maximum absolute atomic E-state index is 11.6. The number of nitrogens with two attached hydrogens (primary N) is 1. The number of carbonyl (C=O) groups is 2.